The average Bonchev–Trinajstić information content (AvgIpc) is 3.20. The van der Waals surface area contributed by atoms with Gasteiger partial charge in [-0.1, -0.05) is 54.6 Å². The van der Waals surface area contributed by atoms with Crippen LogP contribution in [0.3, 0.4) is 0 Å². The fourth-order valence-electron chi connectivity index (χ4n) is 3.48. The first-order chi connectivity index (χ1) is 15.7. The third kappa shape index (κ3) is 5.00. The van der Waals surface area contributed by atoms with Crippen LogP contribution in [0.5, 0.6) is 5.75 Å². The van der Waals surface area contributed by atoms with Gasteiger partial charge in [-0.25, -0.2) is 5.43 Å². The van der Waals surface area contributed by atoms with Crippen LogP contribution in [0.4, 0.5) is 0 Å². The van der Waals surface area contributed by atoms with E-state index in [1.807, 2.05) is 71.6 Å². The molecule has 1 aliphatic rings. The number of nitrogens with one attached hydrogen (secondary N) is 1. The first-order valence-electron chi connectivity index (χ1n) is 10.2. The van der Waals surface area contributed by atoms with E-state index in [4.69, 9.17) is 4.74 Å². The van der Waals surface area contributed by atoms with Crippen molar-refractivity contribution in [2.75, 3.05) is 12.9 Å². The largest absolute Gasteiger partial charge is 0.496 e. The molecule has 0 aliphatic carbocycles. The van der Waals surface area contributed by atoms with Crippen LogP contribution in [-0.4, -0.2) is 35.8 Å². The van der Waals surface area contributed by atoms with Crippen molar-refractivity contribution in [3.05, 3.63) is 101 Å². The van der Waals surface area contributed by atoms with Crippen molar-refractivity contribution in [1.82, 2.24) is 10.3 Å². The van der Waals surface area contributed by atoms with Crippen LogP contribution in [0, 0.1) is 0 Å². The Bertz CT molecular complexity index is 1120. The van der Waals surface area contributed by atoms with Crippen molar-refractivity contribution < 1.29 is 14.3 Å². The Labute approximate surface area is 191 Å². The minimum atomic E-state index is -0.306. The number of hydrogen-bond donors (Lipinski definition) is 1. The van der Waals surface area contributed by atoms with Crippen molar-refractivity contribution >= 4 is 29.8 Å². The number of amides is 2. The van der Waals surface area contributed by atoms with Crippen molar-refractivity contribution in [3.8, 4) is 5.75 Å². The molecule has 7 heteroatoms. The Morgan fingerprint density at radius 1 is 1.09 bits per heavy atom. The summed E-state index contributed by atoms with van der Waals surface area (Å²) in [5.74, 6) is 0.950. The lowest BCUT2D eigenvalue weighted by Gasteiger charge is -2.24. The van der Waals surface area contributed by atoms with Crippen LogP contribution in [-0.2, 0) is 11.3 Å². The number of nitrogens with zero attached hydrogens (tertiary/aromatic N) is 2. The van der Waals surface area contributed by atoms with Crippen LogP contribution in [0.1, 0.15) is 32.4 Å². The van der Waals surface area contributed by atoms with Crippen LogP contribution in [0.15, 0.2) is 84.0 Å². The number of hydrogen-bond acceptors (Lipinski definition) is 5. The summed E-state index contributed by atoms with van der Waals surface area (Å²) in [5, 5.41) is 3.97. The number of hydrazone groups is 1. The summed E-state index contributed by atoms with van der Waals surface area (Å²) in [6.07, 6.45) is 1.55. The fraction of sp³-hybridized carbons (Fsp3) is 0.160. The highest BCUT2D eigenvalue weighted by Crippen LogP contribution is 2.39. The molecule has 2 amide bonds. The molecule has 1 heterocycles. The second-order valence-corrected chi connectivity index (χ2v) is 8.30. The average molecular weight is 446 g/mol. The highest BCUT2D eigenvalue weighted by molar-refractivity contribution is 8.00. The fourth-order valence-corrected chi connectivity index (χ4v) is 4.67. The second-order valence-electron chi connectivity index (χ2n) is 7.23. The van der Waals surface area contributed by atoms with E-state index in [1.165, 1.54) is 0 Å². The highest BCUT2D eigenvalue weighted by atomic mass is 32.2. The second kappa shape index (κ2) is 10.2. The van der Waals surface area contributed by atoms with Gasteiger partial charge in [0.2, 0.25) is 5.91 Å². The molecule has 0 spiro atoms. The van der Waals surface area contributed by atoms with Crippen molar-refractivity contribution in [2.45, 2.75) is 11.9 Å². The van der Waals surface area contributed by atoms with Gasteiger partial charge in [0.15, 0.2) is 0 Å². The van der Waals surface area contributed by atoms with Gasteiger partial charge >= 0.3 is 0 Å². The normalized spacial score (nSPS) is 15.8. The van der Waals surface area contributed by atoms with Gasteiger partial charge in [0.25, 0.3) is 5.91 Å². The van der Waals surface area contributed by atoms with E-state index in [0.717, 1.165) is 16.7 Å². The maximum Gasteiger partial charge on any atom is 0.271 e. The quantitative estimate of drug-likeness (QED) is 0.436. The van der Waals surface area contributed by atoms with Crippen LogP contribution in [0.2, 0.25) is 0 Å². The van der Waals surface area contributed by atoms with Gasteiger partial charge in [-0.2, -0.15) is 5.10 Å². The molecule has 4 rings (SSSR count). The Balaban J connectivity index is 1.41. The Kier molecular flexibility index (Phi) is 6.87. The van der Waals surface area contributed by atoms with E-state index in [1.54, 1.807) is 37.2 Å². The lowest BCUT2D eigenvalue weighted by molar-refractivity contribution is -0.128. The number of ether oxygens (including phenoxy) is 1. The summed E-state index contributed by atoms with van der Waals surface area (Å²) in [7, 11) is 1.59. The minimum Gasteiger partial charge on any atom is -0.496 e. The highest BCUT2D eigenvalue weighted by Gasteiger charge is 2.32. The molecule has 32 heavy (non-hydrogen) atoms. The number of methoxy groups -OCH3 is 1. The molecule has 1 aliphatic heterocycles. The molecule has 1 fully saturated rings. The molecular weight excluding hydrogens is 422 g/mol. The molecule has 3 aromatic rings. The first-order valence-corrected chi connectivity index (χ1v) is 11.2. The van der Waals surface area contributed by atoms with Crippen molar-refractivity contribution in [3.63, 3.8) is 0 Å². The summed E-state index contributed by atoms with van der Waals surface area (Å²) < 4.78 is 5.27. The van der Waals surface area contributed by atoms with E-state index in [9.17, 15) is 9.59 Å². The number of para-hydroxylation sites is 1. The standard InChI is InChI=1S/C25H23N3O3S/c1-31-22-10-6-5-9-21(22)15-26-27-24(30)19-11-13-20(14-12-19)25-28(23(29)17-32-25)16-18-7-3-2-4-8-18/h2-15,25H,16-17H2,1H3,(H,27,30)/b26-15-/t25-/m1/s1. The zero-order valence-corrected chi connectivity index (χ0v) is 18.4. The van der Waals surface area contributed by atoms with Gasteiger partial charge < -0.3 is 9.64 Å². The monoisotopic (exact) mass is 445 g/mol. The zero-order chi connectivity index (χ0) is 22.3. The molecule has 0 saturated carbocycles. The number of carbonyl (C=O) groups is 2. The van der Waals surface area contributed by atoms with E-state index < -0.39 is 0 Å². The SMILES string of the molecule is COc1ccccc1/C=N\NC(=O)c1ccc([C@H]2SCC(=O)N2Cc2ccccc2)cc1. The molecule has 0 bridgehead atoms. The van der Waals surface area contributed by atoms with E-state index in [2.05, 4.69) is 10.5 Å². The van der Waals surface area contributed by atoms with Crippen LogP contribution in [0.25, 0.3) is 0 Å². The van der Waals surface area contributed by atoms with Gasteiger partial charge in [-0.15, -0.1) is 11.8 Å². The lowest BCUT2D eigenvalue weighted by Crippen LogP contribution is -2.27. The molecule has 3 aromatic carbocycles. The van der Waals surface area contributed by atoms with E-state index >= 15 is 0 Å². The van der Waals surface area contributed by atoms with Gasteiger partial charge in [0.1, 0.15) is 11.1 Å². The van der Waals surface area contributed by atoms with Gasteiger partial charge in [-0.3, -0.25) is 9.59 Å². The molecule has 162 valence electrons. The molecule has 1 saturated heterocycles. The molecular formula is C25H23N3O3S. The number of thioether (sulfide) groups is 1. The molecule has 0 radical (unpaired) electrons. The maximum absolute atomic E-state index is 12.5. The van der Waals surface area contributed by atoms with Crippen LogP contribution < -0.4 is 10.2 Å². The summed E-state index contributed by atoms with van der Waals surface area (Å²) in [5.41, 5.74) is 5.89. The van der Waals surface area contributed by atoms with Crippen molar-refractivity contribution in [1.29, 1.82) is 0 Å². The molecule has 1 N–H and O–H groups in total. The Morgan fingerprint density at radius 2 is 1.81 bits per heavy atom. The van der Waals surface area contributed by atoms with Gasteiger partial charge in [0, 0.05) is 17.7 Å². The molecule has 0 unspecified atom stereocenters. The topological polar surface area (TPSA) is 71.0 Å². The Hall–Kier alpha value is -3.58. The predicted octanol–water partition coefficient (Wildman–Crippen LogP) is 4.23. The van der Waals surface area contributed by atoms with Crippen LogP contribution >= 0.6 is 11.8 Å². The Morgan fingerprint density at radius 3 is 2.56 bits per heavy atom. The summed E-state index contributed by atoms with van der Waals surface area (Å²) in [6.45, 7) is 0.567. The lowest BCUT2D eigenvalue weighted by atomic mass is 10.1. The molecule has 0 aromatic heterocycles. The third-order valence-electron chi connectivity index (χ3n) is 5.13. The molecule has 6 nitrogen and oxygen atoms in total. The summed E-state index contributed by atoms with van der Waals surface area (Å²) in [6, 6.07) is 24.7. The minimum absolute atomic E-state index is 0.0663. The smallest absolute Gasteiger partial charge is 0.271 e. The summed E-state index contributed by atoms with van der Waals surface area (Å²) >= 11 is 1.60. The first kappa shape index (κ1) is 21.6. The number of rotatable bonds is 7. The number of carbonyl (C=O) groups excluding carboxylic acids is 2. The summed E-state index contributed by atoms with van der Waals surface area (Å²) in [4.78, 5) is 26.8. The van der Waals surface area contributed by atoms with Gasteiger partial charge in [0.05, 0.1) is 19.1 Å². The maximum atomic E-state index is 12.5. The third-order valence-corrected chi connectivity index (χ3v) is 6.39. The van der Waals surface area contributed by atoms with E-state index in [-0.39, 0.29) is 17.2 Å². The van der Waals surface area contributed by atoms with Crippen molar-refractivity contribution in [2.24, 2.45) is 5.10 Å². The van der Waals surface area contributed by atoms with Gasteiger partial charge in [-0.05, 0) is 35.4 Å². The van der Waals surface area contributed by atoms with E-state index in [0.29, 0.717) is 23.6 Å². The predicted molar refractivity (Wildman–Crippen MR) is 127 cm³/mol. The molecule has 1 atom stereocenters. The number of benzene rings is 3. The zero-order valence-electron chi connectivity index (χ0n) is 17.6.